The maximum absolute atomic E-state index is 12.4. The summed E-state index contributed by atoms with van der Waals surface area (Å²) in [6.45, 7) is 0.870. The number of hydrogen-bond donors (Lipinski definition) is 3. The van der Waals surface area contributed by atoms with Gasteiger partial charge in [0.05, 0.1) is 15.5 Å². The number of carbonyl (C=O) groups is 2. The Labute approximate surface area is 166 Å². The van der Waals surface area contributed by atoms with Crippen LogP contribution in [0.4, 0.5) is 5.69 Å². The van der Waals surface area contributed by atoms with Gasteiger partial charge in [-0.25, -0.2) is 0 Å². The van der Waals surface area contributed by atoms with Gasteiger partial charge < -0.3 is 16.4 Å². The largest absolute Gasteiger partial charge is 0.348 e. The Kier molecular flexibility index (Phi) is 6.24. The lowest BCUT2D eigenvalue weighted by Gasteiger charge is -2.10. The van der Waals surface area contributed by atoms with Gasteiger partial charge in [-0.2, -0.15) is 0 Å². The minimum atomic E-state index is -0.279. The molecule has 2 aromatic carbocycles. The summed E-state index contributed by atoms with van der Waals surface area (Å²) in [6, 6.07) is 16.1. The minimum Gasteiger partial charge on any atom is -0.348 e. The summed E-state index contributed by atoms with van der Waals surface area (Å²) in [5.41, 5.74) is 8.46. The first kappa shape index (κ1) is 19.1. The van der Waals surface area contributed by atoms with Gasteiger partial charge in [-0.15, -0.1) is 11.3 Å². The number of nitrogens with one attached hydrogen (secondary N) is 2. The predicted octanol–water partition coefficient (Wildman–Crippen LogP) is 4.04. The van der Waals surface area contributed by atoms with Gasteiger partial charge in [0.1, 0.15) is 0 Å². The Morgan fingerprint density at radius 1 is 1.00 bits per heavy atom. The fourth-order valence-corrected chi connectivity index (χ4v) is 3.33. The fourth-order valence-electron chi connectivity index (χ4n) is 2.45. The number of hydrogen-bond acceptors (Lipinski definition) is 4. The van der Waals surface area contributed by atoms with Gasteiger partial charge in [-0.05, 0) is 40.8 Å². The van der Waals surface area contributed by atoms with E-state index in [9.17, 15) is 9.59 Å². The summed E-state index contributed by atoms with van der Waals surface area (Å²) in [4.78, 5) is 25.1. The Balaban J connectivity index is 1.62. The molecule has 1 aromatic heterocycles. The molecule has 3 aromatic rings. The summed E-state index contributed by atoms with van der Waals surface area (Å²) < 4.78 is 0. The molecule has 0 aliphatic heterocycles. The topological polar surface area (TPSA) is 84.2 Å². The summed E-state index contributed by atoms with van der Waals surface area (Å²) in [6.07, 6.45) is 0. The second-order valence-corrected chi connectivity index (χ2v) is 7.18. The molecule has 5 nitrogen and oxygen atoms in total. The molecule has 0 radical (unpaired) electrons. The summed E-state index contributed by atoms with van der Waals surface area (Å²) in [5.74, 6) is -0.488. The zero-order chi connectivity index (χ0) is 19.2. The number of nitrogens with two attached hydrogens (primary N) is 1. The Bertz CT molecular complexity index is 940. The number of rotatable bonds is 6. The Morgan fingerprint density at radius 2 is 1.74 bits per heavy atom. The van der Waals surface area contributed by atoms with Crippen molar-refractivity contribution in [3.05, 3.63) is 86.6 Å². The highest BCUT2D eigenvalue weighted by molar-refractivity contribution is 7.12. The number of thiophene rings is 1. The normalized spacial score (nSPS) is 10.4. The average Bonchev–Trinajstić information content (AvgIpc) is 3.21. The third kappa shape index (κ3) is 4.95. The van der Waals surface area contributed by atoms with E-state index in [0.29, 0.717) is 29.2 Å². The molecule has 0 fully saturated rings. The van der Waals surface area contributed by atoms with Gasteiger partial charge in [0.25, 0.3) is 11.8 Å². The molecule has 7 heteroatoms. The summed E-state index contributed by atoms with van der Waals surface area (Å²) in [7, 11) is 0. The van der Waals surface area contributed by atoms with Crippen molar-refractivity contribution in [2.45, 2.75) is 13.1 Å². The smallest absolute Gasteiger partial charge is 0.265 e. The lowest BCUT2D eigenvalue weighted by molar-refractivity contribution is 0.0950. The van der Waals surface area contributed by atoms with E-state index < -0.39 is 0 Å². The van der Waals surface area contributed by atoms with Crippen molar-refractivity contribution in [1.29, 1.82) is 0 Å². The number of carbonyl (C=O) groups excluding carboxylic acids is 2. The molecular weight excluding hydrogens is 382 g/mol. The van der Waals surface area contributed by atoms with Crippen molar-refractivity contribution in [1.82, 2.24) is 5.32 Å². The molecular formula is C20H18ClN3O2S. The summed E-state index contributed by atoms with van der Waals surface area (Å²) in [5, 5.41) is 7.71. The predicted molar refractivity (Wildman–Crippen MR) is 109 cm³/mol. The van der Waals surface area contributed by atoms with Crippen LogP contribution in [0, 0.1) is 0 Å². The van der Waals surface area contributed by atoms with Crippen LogP contribution in [0.3, 0.4) is 0 Å². The Hall–Kier alpha value is -2.67. The third-order valence-corrected chi connectivity index (χ3v) is 5.11. The second-order valence-electron chi connectivity index (χ2n) is 5.83. The van der Waals surface area contributed by atoms with E-state index in [1.165, 1.54) is 11.3 Å². The first-order chi connectivity index (χ1) is 13.1. The van der Waals surface area contributed by atoms with E-state index in [0.717, 1.165) is 11.1 Å². The maximum Gasteiger partial charge on any atom is 0.265 e. The van der Waals surface area contributed by atoms with Crippen molar-refractivity contribution in [2.24, 2.45) is 5.73 Å². The average molecular weight is 400 g/mol. The van der Waals surface area contributed by atoms with Crippen LogP contribution in [0.1, 0.15) is 31.2 Å². The van der Waals surface area contributed by atoms with E-state index >= 15 is 0 Å². The van der Waals surface area contributed by atoms with E-state index in [1.807, 2.05) is 35.7 Å². The number of benzene rings is 2. The molecule has 0 saturated carbocycles. The van der Waals surface area contributed by atoms with Crippen LogP contribution < -0.4 is 16.4 Å². The van der Waals surface area contributed by atoms with Crippen LogP contribution in [-0.4, -0.2) is 11.8 Å². The van der Waals surface area contributed by atoms with Gasteiger partial charge in [-0.1, -0.05) is 41.9 Å². The molecule has 0 saturated heterocycles. The highest BCUT2D eigenvalue weighted by atomic mass is 35.5. The fraction of sp³-hybridized carbons (Fsp3) is 0.100. The molecule has 27 heavy (non-hydrogen) atoms. The van der Waals surface area contributed by atoms with Crippen LogP contribution in [0.2, 0.25) is 5.02 Å². The molecule has 1 heterocycles. The van der Waals surface area contributed by atoms with Crippen LogP contribution in [0.5, 0.6) is 0 Å². The van der Waals surface area contributed by atoms with Gasteiger partial charge in [0.15, 0.2) is 0 Å². The van der Waals surface area contributed by atoms with Crippen LogP contribution in [-0.2, 0) is 13.1 Å². The minimum absolute atomic E-state index is 0.209. The molecule has 138 valence electrons. The Morgan fingerprint density at radius 3 is 2.37 bits per heavy atom. The van der Waals surface area contributed by atoms with Crippen molar-refractivity contribution in [3.63, 3.8) is 0 Å². The van der Waals surface area contributed by atoms with Gasteiger partial charge in [0.2, 0.25) is 0 Å². The van der Waals surface area contributed by atoms with Crippen molar-refractivity contribution < 1.29 is 9.59 Å². The van der Waals surface area contributed by atoms with E-state index in [4.69, 9.17) is 17.3 Å². The quantitative estimate of drug-likeness (QED) is 0.584. The number of amides is 2. The molecule has 0 spiro atoms. The number of halogens is 1. The molecule has 2 amide bonds. The lowest BCUT2D eigenvalue weighted by atomic mass is 10.1. The van der Waals surface area contributed by atoms with Crippen LogP contribution in [0.15, 0.2) is 60.0 Å². The highest BCUT2D eigenvalue weighted by Gasteiger charge is 2.13. The first-order valence-electron chi connectivity index (χ1n) is 8.27. The molecule has 0 atom stereocenters. The first-order valence-corrected chi connectivity index (χ1v) is 9.53. The van der Waals surface area contributed by atoms with Gasteiger partial charge in [0, 0.05) is 18.8 Å². The van der Waals surface area contributed by atoms with Gasteiger partial charge >= 0.3 is 0 Å². The SMILES string of the molecule is NCc1ccc(CNC(=O)c2ccc(NC(=O)c3cccs3)cc2Cl)cc1. The third-order valence-electron chi connectivity index (χ3n) is 3.93. The zero-order valence-electron chi connectivity index (χ0n) is 14.4. The van der Waals surface area contributed by atoms with Crippen molar-refractivity contribution >= 4 is 40.4 Å². The molecule has 4 N–H and O–H groups in total. The molecule has 0 aliphatic carbocycles. The lowest BCUT2D eigenvalue weighted by Crippen LogP contribution is -2.23. The summed E-state index contributed by atoms with van der Waals surface area (Å²) >= 11 is 7.58. The molecule has 0 aliphatic rings. The monoisotopic (exact) mass is 399 g/mol. The van der Waals surface area contributed by atoms with Gasteiger partial charge in [-0.3, -0.25) is 9.59 Å². The molecule has 0 unspecified atom stereocenters. The second kappa shape index (κ2) is 8.81. The van der Waals surface area contributed by atoms with E-state index in [-0.39, 0.29) is 16.8 Å². The zero-order valence-corrected chi connectivity index (χ0v) is 15.9. The number of anilines is 1. The van der Waals surface area contributed by atoms with E-state index in [1.54, 1.807) is 24.3 Å². The van der Waals surface area contributed by atoms with E-state index in [2.05, 4.69) is 10.6 Å². The van der Waals surface area contributed by atoms with Crippen molar-refractivity contribution in [2.75, 3.05) is 5.32 Å². The maximum atomic E-state index is 12.4. The van der Waals surface area contributed by atoms with Crippen LogP contribution in [0.25, 0.3) is 0 Å². The molecule has 0 bridgehead atoms. The van der Waals surface area contributed by atoms with Crippen LogP contribution >= 0.6 is 22.9 Å². The standard InChI is InChI=1S/C20H18ClN3O2S/c21-17-10-15(24-20(26)18-2-1-9-27-18)7-8-16(17)19(25)23-12-14-5-3-13(11-22)4-6-14/h1-10H,11-12,22H2,(H,23,25)(H,24,26). The molecule has 3 rings (SSSR count). The van der Waals surface area contributed by atoms with Crippen molar-refractivity contribution in [3.8, 4) is 0 Å². The highest BCUT2D eigenvalue weighted by Crippen LogP contribution is 2.22.